The number of aromatic hydroxyl groups is 3. The summed E-state index contributed by atoms with van der Waals surface area (Å²) in [6, 6.07) is 3.43. The Balaban J connectivity index is 1.72. The fourth-order valence-corrected chi connectivity index (χ4v) is 6.49. The third kappa shape index (κ3) is 4.29. The van der Waals surface area contributed by atoms with Gasteiger partial charge in [0.25, 0.3) is 0 Å². The smallest absolute Gasteiger partial charge is 0.314 e. The molecule has 2 unspecified atom stereocenters. The summed E-state index contributed by atoms with van der Waals surface area (Å²) in [6.07, 6.45) is -4.05. The summed E-state index contributed by atoms with van der Waals surface area (Å²) in [7, 11) is 3.55. The van der Waals surface area contributed by atoms with E-state index in [-0.39, 0.29) is 42.0 Å². The number of carboxylic acid groups (broad SMARTS) is 1. The van der Waals surface area contributed by atoms with Crippen molar-refractivity contribution in [3.63, 3.8) is 0 Å². The van der Waals surface area contributed by atoms with Crippen LogP contribution < -0.4 is 0 Å². The number of carbonyl (C=O) groups excluding carboxylic acids is 2. The van der Waals surface area contributed by atoms with Gasteiger partial charge in [0.15, 0.2) is 12.1 Å². The van der Waals surface area contributed by atoms with Gasteiger partial charge in [-0.3, -0.25) is 14.4 Å². The van der Waals surface area contributed by atoms with Crippen molar-refractivity contribution in [1.29, 1.82) is 0 Å². The molecule has 2 aromatic rings. The number of rotatable bonds is 5. The number of aliphatic carboxylic acids is 1. The number of benzene rings is 2. The van der Waals surface area contributed by atoms with Gasteiger partial charge in [-0.25, -0.2) is 0 Å². The molecule has 0 amide bonds. The minimum Gasteiger partial charge on any atom is -0.507 e. The lowest BCUT2D eigenvalue weighted by Gasteiger charge is -2.46. The molecule has 220 valence electrons. The molecule has 3 aliphatic rings. The van der Waals surface area contributed by atoms with Gasteiger partial charge in [-0.1, -0.05) is 19.1 Å². The molecule has 6 N–H and O–H groups in total. The van der Waals surface area contributed by atoms with Crippen LogP contribution in [0.4, 0.5) is 0 Å². The van der Waals surface area contributed by atoms with Gasteiger partial charge in [0.05, 0.1) is 40.6 Å². The summed E-state index contributed by atoms with van der Waals surface area (Å²) in [5, 5.41) is 65.8. The molecule has 2 aromatic carbocycles. The molecule has 1 heterocycles. The van der Waals surface area contributed by atoms with Crippen LogP contribution in [-0.4, -0.2) is 97.3 Å². The van der Waals surface area contributed by atoms with Crippen molar-refractivity contribution in [2.75, 3.05) is 14.1 Å². The van der Waals surface area contributed by atoms with Gasteiger partial charge in [0.2, 0.25) is 5.78 Å². The number of fused-ring (bicyclic) bond motifs is 3. The first kappa shape index (κ1) is 29.0. The van der Waals surface area contributed by atoms with Crippen LogP contribution in [0.1, 0.15) is 88.1 Å². The number of carbonyl (C=O) groups is 3. The highest BCUT2D eigenvalue weighted by molar-refractivity contribution is 6.31. The molecule has 0 aromatic heterocycles. The van der Waals surface area contributed by atoms with Crippen LogP contribution in [0.25, 0.3) is 0 Å². The summed E-state index contributed by atoms with van der Waals surface area (Å²) in [5.74, 6) is -7.30. The number of phenols is 3. The van der Waals surface area contributed by atoms with Gasteiger partial charge in [-0.05, 0) is 33.5 Å². The molecular weight excluding hydrogens is 538 g/mol. The molecule has 1 aliphatic heterocycles. The van der Waals surface area contributed by atoms with E-state index in [0.717, 1.165) is 0 Å². The van der Waals surface area contributed by atoms with Gasteiger partial charge in [0, 0.05) is 35.6 Å². The number of aliphatic hydroxyl groups excluding tert-OH is 1. The Hall–Kier alpha value is -3.55. The molecule has 7 atom stereocenters. The number of hydrogen-bond acceptors (Lipinski definition) is 11. The van der Waals surface area contributed by atoms with Crippen molar-refractivity contribution in [3.05, 3.63) is 51.6 Å². The van der Waals surface area contributed by atoms with Crippen LogP contribution in [0.2, 0.25) is 0 Å². The van der Waals surface area contributed by atoms with Crippen molar-refractivity contribution >= 4 is 17.5 Å². The Kier molecular flexibility index (Phi) is 7.11. The van der Waals surface area contributed by atoms with Gasteiger partial charge in [-0.2, -0.15) is 0 Å². The first-order valence-corrected chi connectivity index (χ1v) is 13.4. The Morgan fingerprint density at radius 1 is 1.07 bits per heavy atom. The lowest BCUT2D eigenvalue weighted by molar-refractivity contribution is -0.258. The Labute approximate surface area is 235 Å². The number of hydrogen-bond donors (Lipinski definition) is 6. The molecule has 1 fully saturated rings. The molecule has 0 spiro atoms. The standard InChI is InChI=1S/C29H33NO11/c1-5-29(39)10-15(41-16-9-13(30(3)4)23(32)11(2)40-16)18-19(22(29)28(37)38)27(36)20-21(26(18)35)25(34)17-12(24(20)33)7-6-8-14(17)31/h6-8,11,13,15-16,22-23,31-32,35-36,39H,5,9-10H2,1-4H3,(H,37,38)/t11-,13-,15+,16-,22?,23+,29?/m0/s1. The second kappa shape index (κ2) is 10.1. The van der Waals surface area contributed by atoms with Crippen LogP contribution in [0.3, 0.4) is 0 Å². The highest BCUT2D eigenvalue weighted by atomic mass is 16.7. The normalized spacial score (nSPS) is 31.0. The molecule has 0 bridgehead atoms. The summed E-state index contributed by atoms with van der Waals surface area (Å²) in [6.45, 7) is 3.21. The van der Waals surface area contributed by atoms with E-state index in [1.54, 1.807) is 32.8 Å². The second-order valence-corrected chi connectivity index (χ2v) is 11.2. The van der Waals surface area contributed by atoms with E-state index in [0.29, 0.717) is 0 Å². The van der Waals surface area contributed by atoms with E-state index in [1.807, 2.05) is 0 Å². The summed E-state index contributed by atoms with van der Waals surface area (Å²) in [4.78, 5) is 41.5. The third-order valence-corrected chi connectivity index (χ3v) is 8.69. The molecule has 0 radical (unpaired) electrons. The maximum atomic E-state index is 13.6. The maximum Gasteiger partial charge on any atom is 0.314 e. The van der Waals surface area contributed by atoms with Crippen LogP contribution in [0.5, 0.6) is 17.2 Å². The lowest BCUT2D eigenvalue weighted by Crippen LogP contribution is -2.54. The SMILES string of the molecule is CCC1(O)C[C@@H](O[C@H]2C[C@H](N(C)C)[C@H](O)[C@H](C)O2)c2c(O)c3c(c(O)c2C1C(=O)O)C(=O)c1cccc(O)c1C3=O. The third-order valence-electron chi connectivity index (χ3n) is 8.69. The number of nitrogens with zero attached hydrogens (tertiary/aromatic N) is 1. The van der Waals surface area contributed by atoms with Crippen molar-refractivity contribution in [2.24, 2.45) is 0 Å². The summed E-state index contributed by atoms with van der Waals surface area (Å²) in [5.41, 5.74) is -4.49. The zero-order valence-corrected chi connectivity index (χ0v) is 23.0. The van der Waals surface area contributed by atoms with Crippen molar-refractivity contribution < 1.29 is 54.5 Å². The monoisotopic (exact) mass is 571 g/mol. The number of ketones is 2. The second-order valence-electron chi connectivity index (χ2n) is 11.2. The minimum atomic E-state index is -1.99. The van der Waals surface area contributed by atoms with Crippen LogP contribution in [0.15, 0.2) is 18.2 Å². The lowest BCUT2D eigenvalue weighted by atomic mass is 9.66. The minimum absolute atomic E-state index is 0.0922. The topological polar surface area (TPSA) is 194 Å². The first-order chi connectivity index (χ1) is 19.2. The number of ether oxygens (including phenoxy) is 2. The highest BCUT2D eigenvalue weighted by Gasteiger charge is 2.54. The molecule has 12 heteroatoms. The predicted octanol–water partition coefficient (Wildman–Crippen LogP) is 1.78. The Bertz CT molecular complexity index is 1450. The molecule has 2 aliphatic carbocycles. The van der Waals surface area contributed by atoms with Gasteiger partial charge in [-0.15, -0.1) is 0 Å². The number of likely N-dealkylation sites (N-methyl/N-ethyl adjacent to an activating group) is 1. The predicted molar refractivity (Wildman–Crippen MR) is 141 cm³/mol. The fraction of sp³-hybridized carbons (Fsp3) is 0.483. The average molecular weight is 572 g/mol. The van der Waals surface area contributed by atoms with Crippen LogP contribution in [0, 0.1) is 0 Å². The quantitative estimate of drug-likeness (QED) is 0.243. The maximum absolute atomic E-state index is 13.6. The van der Waals surface area contributed by atoms with Crippen molar-refractivity contribution in [1.82, 2.24) is 4.90 Å². The summed E-state index contributed by atoms with van der Waals surface area (Å²) >= 11 is 0. The average Bonchev–Trinajstić information content (AvgIpc) is 2.90. The van der Waals surface area contributed by atoms with E-state index in [4.69, 9.17) is 9.47 Å². The molecule has 41 heavy (non-hydrogen) atoms. The van der Waals surface area contributed by atoms with Gasteiger partial charge >= 0.3 is 5.97 Å². The van der Waals surface area contributed by atoms with Crippen molar-refractivity contribution in [3.8, 4) is 17.2 Å². The van der Waals surface area contributed by atoms with Gasteiger partial charge in [0.1, 0.15) is 23.2 Å². The first-order valence-electron chi connectivity index (χ1n) is 13.4. The number of aliphatic hydroxyl groups is 2. The van der Waals surface area contributed by atoms with E-state index >= 15 is 0 Å². The van der Waals surface area contributed by atoms with Gasteiger partial charge < -0.3 is 45.0 Å². The Morgan fingerprint density at radius 3 is 2.32 bits per heavy atom. The Morgan fingerprint density at radius 2 is 1.71 bits per heavy atom. The molecule has 1 saturated heterocycles. The van der Waals surface area contributed by atoms with Crippen molar-refractivity contribution in [2.45, 2.75) is 75.3 Å². The van der Waals surface area contributed by atoms with E-state index in [9.17, 15) is 45.0 Å². The van der Waals surface area contributed by atoms with E-state index < -0.39 is 87.6 Å². The zero-order valence-electron chi connectivity index (χ0n) is 23.0. The molecule has 12 nitrogen and oxygen atoms in total. The van der Waals surface area contributed by atoms with Crippen LogP contribution >= 0.6 is 0 Å². The zero-order chi connectivity index (χ0) is 30.1. The largest absolute Gasteiger partial charge is 0.507 e. The summed E-state index contributed by atoms with van der Waals surface area (Å²) < 4.78 is 12.1. The van der Waals surface area contributed by atoms with E-state index in [2.05, 4.69) is 0 Å². The highest BCUT2D eigenvalue weighted by Crippen LogP contribution is 2.57. The van der Waals surface area contributed by atoms with Crippen LogP contribution in [-0.2, 0) is 14.3 Å². The van der Waals surface area contributed by atoms with E-state index in [1.165, 1.54) is 18.2 Å². The molecule has 5 rings (SSSR count). The number of carboxylic acids is 1. The number of phenolic OH excluding ortho intramolecular Hbond substituents is 3. The molecular formula is C29H33NO11. The fourth-order valence-electron chi connectivity index (χ4n) is 6.49. The molecule has 0 saturated carbocycles.